The summed E-state index contributed by atoms with van der Waals surface area (Å²) in [6, 6.07) is 6.54. The van der Waals surface area contributed by atoms with Crippen molar-refractivity contribution in [2.45, 2.75) is 33.2 Å². The van der Waals surface area contributed by atoms with E-state index in [2.05, 4.69) is 57.9 Å². The van der Waals surface area contributed by atoms with Crippen molar-refractivity contribution in [3.8, 4) is 0 Å². The highest BCUT2D eigenvalue weighted by molar-refractivity contribution is 5.53. The van der Waals surface area contributed by atoms with Crippen LogP contribution in [-0.4, -0.2) is 31.1 Å². The Balaban J connectivity index is 1.83. The maximum Gasteiger partial charge on any atom is 0.254 e. The van der Waals surface area contributed by atoms with Gasteiger partial charge in [-0.1, -0.05) is 26.8 Å². The van der Waals surface area contributed by atoms with E-state index in [0.717, 1.165) is 24.5 Å². The molecular weight excluding hydrogens is 288 g/mol. The number of hydrogen-bond donors (Lipinski definition) is 0. The minimum absolute atomic E-state index is 0.186. The van der Waals surface area contributed by atoms with Crippen molar-refractivity contribution in [1.29, 1.82) is 0 Å². The van der Waals surface area contributed by atoms with Crippen LogP contribution in [0.25, 0.3) is 5.78 Å². The van der Waals surface area contributed by atoms with Crippen LogP contribution < -0.4 is 4.90 Å². The minimum atomic E-state index is 0.186. The first-order valence-electron chi connectivity index (χ1n) is 7.96. The van der Waals surface area contributed by atoms with Crippen LogP contribution in [0.4, 0.5) is 5.82 Å². The van der Waals surface area contributed by atoms with Gasteiger partial charge in [-0.15, -0.1) is 0 Å². The summed E-state index contributed by atoms with van der Waals surface area (Å²) in [5.41, 5.74) is 2.45. The number of fused-ring (bicyclic) bond motifs is 1. The SMILES string of the molecule is CCc1cc(N2CC(C)(C)C2c2cccnc2)n2ncnc2n1. The Bertz CT molecular complexity index is 839. The zero-order valence-electron chi connectivity index (χ0n) is 13.6. The summed E-state index contributed by atoms with van der Waals surface area (Å²) in [6.45, 7) is 7.66. The van der Waals surface area contributed by atoms with Crippen LogP contribution in [0.2, 0.25) is 0 Å². The first-order valence-corrected chi connectivity index (χ1v) is 7.96. The average molecular weight is 308 g/mol. The van der Waals surface area contributed by atoms with E-state index < -0.39 is 0 Å². The quantitative estimate of drug-likeness (QED) is 0.744. The molecule has 1 unspecified atom stereocenters. The lowest BCUT2D eigenvalue weighted by molar-refractivity contribution is 0.177. The second kappa shape index (κ2) is 5.01. The molecular formula is C17H20N6. The molecule has 23 heavy (non-hydrogen) atoms. The van der Waals surface area contributed by atoms with Gasteiger partial charge in [0.1, 0.15) is 12.1 Å². The summed E-state index contributed by atoms with van der Waals surface area (Å²) < 4.78 is 1.83. The van der Waals surface area contributed by atoms with Crippen LogP contribution in [0.3, 0.4) is 0 Å². The lowest BCUT2D eigenvalue weighted by Gasteiger charge is -2.55. The van der Waals surface area contributed by atoms with Crippen molar-refractivity contribution in [3.63, 3.8) is 0 Å². The van der Waals surface area contributed by atoms with Crippen molar-refractivity contribution in [2.75, 3.05) is 11.4 Å². The molecule has 1 fully saturated rings. The zero-order valence-corrected chi connectivity index (χ0v) is 13.6. The van der Waals surface area contributed by atoms with E-state index in [-0.39, 0.29) is 11.5 Å². The highest BCUT2D eigenvalue weighted by atomic mass is 15.4. The van der Waals surface area contributed by atoms with Gasteiger partial charge in [-0.3, -0.25) is 4.98 Å². The van der Waals surface area contributed by atoms with Crippen molar-refractivity contribution in [2.24, 2.45) is 5.41 Å². The molecule has 4 rings (SSSR count). The standard InChI is InChI=1S/C17H20N6/c1-4-13-8-14(23-16(21-13)19-11-20-23)22-10-17(2,3)15(22)12-6-5-7-18-9-12/h5-9,11,15H,4,10H2,1-3H3. The van der Waals surface area contributed by atoms with Gasteiger partial charge in [0.05, 0.1) is 6.04 Å². The van der Waals surface area contributed by atoms with Gasteiger partial charge < -0.3 is 4.90 Å². The molecule has 0 amide bonds. The Labute approximate surface area is 135 Å². The summed E-state index contributed by atoms with van der Waals surface area (Å²) in [7, 11) is 0. The summed E-state index contributed by atoms with van der Waals surface area (Å²) in [5, 5.41) is 4.36. The molecule has 1 saturated heterocycles. The average Bonchev–Trinajstić information content (AvgIpc) is 3.01. The molecule has 0 N–H and O–H groups in total. The second-order valence-electron chi connectivity index (χ2n) is 6.74. The normalized spacial score (nSPS) is 19.8. The highest BCUT2D eigenvalue weighted by Gasteiger charge is 2.47. The smallest absolute Gasteiger partial charge is 0.254 e. The number of hydrogen-bond acceptors (Lipinski definition) is 5. The fraction of sp³-hybridized carbons (Fsp3) is 0.412. The molecule has 3 aromatic heterocycles. The molecule has 6 heteroatoms. The van der Waals surface area contributed by atoms with E-state index in [9.17, 15) is 0 Å². The Morgan fingerprint density at radius 3 is 2.91 bits per heavy atom. The maximum atomic E-state index is 4.54. The topological polar surface area (TPSA) is 59.2 Å². The molecule has 1 aliphatic rings. The van der Waals surface area contributed by atoms with Gasteiger partial charge in [0.25, 0.3) is 5.78 Å². The minimum Gasteiger partial charge on any atom is -0.348 e. The van der Waals surface area contributed by atoms with Gasteiger partial charge in [-0.05, 0) is 18.1 Å². The molecule has 0 aromatic carbocycles. The van der Waals surface area contributed by atoms with Gasteiger partial charge >= 0.3 is 0 Å². The van der Waals surface area contributed by atoms with Crippen LogP contribution in [0.1, 0.15) is 38.1 Å². The van der Waals surface area contributed by atoms with Crippen molar-refractivity contribution < 1.29 is 0 Å². The first kappa shape index (κ1) is 14.1. The van der Waals surface area contributed by atoms with E-state index in [1.54, 1.807) is 6.33 Å². The van der Waals surface area contributed by atoms with Crippen LogP contribution in [-0.2, 0) is 6.42 Å². The van der Waals surface area contributed by atoms with Crippen LogP contribution >= 0.6 is 0 Å². The van der Waals surface area contributed by atoms with Gasteiger partial charge in [0, 0.05) is 36.1 Å². The summed E-state index contributed by atoms with van der Waals surface area (Å²) >= 11 is 0. The van der Waals surface area contributed by atoms with Crippen molar-refractivity contribution in [3.05, 3.63) is 48.2 Å². The number of nitrogens with zero attached hydrogens (tertiary/aromatic N) is 6. The fourth-order valence-corrected chi connectivity index (χ4v) is 3.54. The summed E-state index contributed by atoms with van der Waals surface area (Å²) in [6.07, 6.45) is 6.22. The predicted molar refractivity (Wildman–Crippen MR) is 88.3 cm³/mol. The first-order chi connectivity index (χ1) is 11.1. The van der Waals surface area contributed by atoms with Crippen LogP contribution in [0, 0.1) is 5.41 Å². The lowest BCUT2D eigenvalue weighted by atomic mass is 9.72. The monoisotopic (exact) mass is 308 g/mol. The maximum absolute atomic E-state index is 4.54. The van der Waals surface area contributed by atoms with Gasteiger partial charge in [0.2, 0.25) is 0 Å². The highest BCUT2D eigenvalue weighted by Crippen LogP contribution is 2.50. The molecule has 3 aromatic rings. The van der Waals surface area contributed by atoms with E-state index in [4.69, 9.17) is 0 Å². The van der Waals surface area contributed by atoms with Gasteiger partial charge in [-0.25, -0.2) is 4.98 Å². The number of anilines is 1. The number of pyridine rings is 1. The van der Waals surface area contributed by atoms with Crippen molar-refractivity contribution in [1.82, 2.24) is 24.6 Å². The van der Waals surface area contributed by atoms with E-state index in [0.29, 0.717) is 5.78 Å². The molecule has 0 saturated carbocycles. The molecule has 1 aliphatic heterocycles. The Hall–Kier alpha value is -2.50. The molecule has 1 atom stereocenters. The molecule has 4 heterocycles. The van der Waals surface area contributed by atoms with Gasteiger partial charge in [0.15, 0.2) is 0 Å². The predicted octanol–water partition coefficient (Wildman–Crippen LogP) is 2.67. The van der Waals surface area contributed by atoms with Gasteiger partial charge in [-0.2, -0.15) is 14.6 Å². The Morgan fingerprint density at radius 1 is 1.35 bits per heavy atom. The van der Waals surface area contributed by atoms with Crippen LogP contribution in [0.15, 0.2) is 36.9 Å². The Morgan fingerprint density at radius 2 is 2.22 bits per heavy atom. The lowest BCUT2D eigenvalue weighted by Crippen LogP contribution is -2.56. The van der Waals surface area contributed by atoms with Crippen molar-refractivity contribution >= 4 is 11.6 Å². The number of aryl methyl sites for hydroxylation is 1. The number of aromatic nitrogens is 5. The molecule has 118 valence electrons. The summed E-state index contributed by atoms with van der Waals surface area (Å²) in [4.78, 5) is 15.5. The zero-order chi connectivity index (χ0) is 16.0. The van der Waals surface area contributed by atoms with E-state index in [1.807, 2.05) is 23.0 Å². The largest absolute Gasteiger partial charge is 0.348 e. The third kappa shape index (κ3) is 2.17. The summed E-state index contributed by atoms with van der Waals surface area (Å²) in [5.74, 6) is 1.71. The molecule has 0 spiro atoms. The molecule has 6 nitrogen and oxygen atoms in total. The molecule has 0 radical (unpaired) electrons. The third-order valence-electron chi connectivity index (χ3n) is 4.57. The molecule has 0 bridgehead atoms. The van der Waals surface area contributed by atoms with E-state index >= 15 is 0 Å². The van der Waals surface area contributed by atoms with Crippen LogP contribution in [0.5, 0.6) is 0 Å². The molecule has 0 aliphatic carbocycles. The third-order valence-corrected chi connectivity index (χ3v) is 4.57. The fourth-order valence-electron chi connectivity index (χ4n) is 3.54. The second-order valence-corrected chi connectivity index (χ2v) is 6.74. The van der Waals surface area contributed by atoms with E-state index in [1.165, 1.54) is 5.56 Å². The Kier molecular flexibility index (Phi) is 3.07. The number of rotatable bonds is 3.